The maximum atomic E-state index is 12.8. The smallest absolute Gasteiger partial charge is 0.493 e. The maximum absolute atomic E-state index is 12.8. The lowest BCUT2D eigenvalue weighted by molar-refractivity contribution is -0.0500. The third-order valence-electron chi connectivity index (χ3n) is 5.28. The van der Waals surface area contributed by atoms with E-state index < -0.39 is 32.8 Å². The van der Waals surface area contributed by atoms with E-state index in [2.05, 4.69) is 4.18 Å². The lowest BCUT2D eigenvalue weighted by Crippen LogP contribution is -2.29. The molecular formula is C21H22F3NO7S. The number of alkyl halides is 3. The lowest BCUT2D eigenvalue weighted by Gasteiger charge is -2.33. The van der Waals surface area contributed by atoms with Crippen LogP contribution in [0.4, 0.5) is 13.2 Å². The Morgan fingerprint density at radius 1 is 1.21 bits per heavy atom. The molecule has 1 atom stereocenters. The van der Waals surface area contributed by atoms with Crippen molar-refractivity contribution in [3.05, 3.63) is 45.7 Å². The minimum atomic E-state index is -5.91. The van der Waals surface area contributed by atoms with Gasteiger partial charge in [-0.3, -0.25) is 4.79 Å². The summed E-state index contributed by atoms with van der Waals surface area (Å²) in [4.78, 5) is 24.9. The van der Waals surface area contributed by atoms with Gasteiger partial charge in [0.15, 0.2) is 16.9 Å². The van der Waals surface area contributed by atoms with E-state index in [-0.39, 0.29) is 36.3 Å². The summed E-state index contributed by atoms with van der Waals surface area (Å²) in [5.41, 5.74) is -5.04. The number of pyridine rings is 1. The van der Waals surface area contributed by atoms with Crippen LogP contribution in [0.2, 0.25) is 0 Å². The molecule has 0 bridgehead atoms. The molecule has 3 rings (SSSR count). The van der Waals surface area contributed by atoms with Crippen LogP contribution in [0.1, 0.15) is 42.7 Å². The largest absolute Gasteiger partial charge is 0.534 e. The monoisotopic (exact) mass is 489 g/mol. The Bertz CT molecular complexity index is 1250. The van der Waals surface area contributed by atoms with Gasteiger partial charge in [0.1, 0.15) is 5.56 Å². The van der Waals surface area contributed by atoms with Crippen LogP contribution >= 0.6 is 0 Å². The number of hydrogen-bond donors (Lipinski definition) is 0. The van der Waals surface area contributed by atoms with Crippen LogP contribution in [0.5, 0.6) is 11.5 Å². The first kappa shape index (κ1) is 24.6. The van der Waals surface area contributed by atoms with Crippen molar-refractivity contribution in [3.8, 4) is 22.8 Å². The molecule has 0 saturated heterocycles. The fraction of sp³-hybridized carbons (Fsp3) is 0.429. The number of rotatable bonds is 6. The standard InChI is InChI=1S/C21H22F3NO7S/c1-5-31-20(27)14-10-25-15(11(2)3)6-12-7-19(32-33(28,29)21(22,23)24)18(30-4)8-13(12)16(25)9-17(14)26/h7-11,15H,5-6H2,1-4H3. The van der Waals surface area contributed by atoms with Gasteiger partial charge in [0.05, 0.1) is 19.4 Å². The molecule has 1 unspecified atom stereocenters. The molecule has 12 heteroatoms. The van der Waals surface area contributed by atoms with E-state index in [9.17, 15) is 31.2 Å². The number of carbonyl (C=O) groups excluding carboxylic acids is 1. The highest BCUT2D eigenvalue weighted by atomic mass is 32.2. The zero-order valence-corrected chi connectivity index (χ0v) is 19.0. The number of ether oxygens (including phenoxy) is 2. The molecule has 2 heterocycles. The van der Waals surface area contributed by atoms with Crippen molar-refractivity contribution in [1.82, 2.24) is 4.57 Å². The van der Waals surface area contributed by atoms with E-state index in [4.69, 9.17) is 9.47 Å². The second-order valence-corrected chi connectivity index (χ2v) is 9.26. The molecule has 0 amide bonds. The molecule has 8 nitrogen and oxygen atoms in total. The summed E-state index contributed by atoms with van der Waals surface area (Å²) >= 11 is 0. The van der Waals surface area contributed by atoms with Gasteiger partial charge in [0, 0.05) is 23.9 Å². The fourth-order valence-corrected chi connectivity index (χ4v) is 4.14. The van der Waals surface area contributed by atoms with Gasteiger partial charge in [0.25, 0.3) is 0 Å². The predicted octanol–water partition coefficient (Wildman–Crippen LogP) is 3.68. The van der Waals surface area contributed by atoms with Crippen molar-refractivity contribution < 1.29 is 40.0 Å². The Labute approximate surface area is 188 Å². The Hall–Kier alpha value is -3.02. The highest BCUT2D eigenvalue weighted by Crippen LogP contribution is 2.43. The van der Waals surface area contributed by atoms with Crippen LogP contribution in [0.15, 0.2) is 29.2 Å². The maximum Gasteiger partial charge on any atom is 0.534 e. The second-order valence-electron chi connectivity index (χ2n) is 7.72. The van der Waals surface area contributed by atoms with Crippen molar-refractivity contribution in [2.75, 3.05) is 13.7 Å². The van der Waals surface area contributed by atoms with Crippen LogP contribution in [0.3, 0.4) is 0 Å². The Morgan fingerprint density at radius 3 is 2.42 bits per heavy atom. The number of aromatic nitrogens is 1. The summed E-state index contributed by atoms with van der Waals surface area (Å²) < 4.78 is 77.7. The number of carbonyl (C=O) groups is 1. The second kappa shape index (κ2) is 8.73. The number of fused-ring (bicyclic) bond motifs is 3. The Kier molecular flexibility index (Phi) is 6.51. The summed E-state index contributed by atoms with van der Waals surface area (Å²) in [6.45, 7) is 5.51. The van der Waals surface area contributed by atoms with Gasteiger partial charge in [-0.2, -0.15) is 21.6 Å². The van der Waals surface area contributed by atoms with Gasteiger partial charge < -0.3 is 18.2 Å². The van der Waals surface area contributed by atoms with Crippen molar-refractivity contribution in [3.63, 3.8) is 0 Å². The number of nitrogens with zero attached hydrogens (tertiary/aromatic N) is 1. The molecule has 0 radical (unpaired) electrons. The molecule has 0 aliphatic carbocycles. The highest BCUT2D eigenvalue weighted by Gasteiger charge is 2.49. The van der Waals surface area contributed by atoms with Crippen molar-refractivity contribution in [1.29, 1.82) is 0 Å². The fourth-order valence-electron chi connectivity index (χ4n) is 3.68. The molecule has 0 fully saturated rings. The molecule has 33 heavy (non-hydrogen) atoms. The van der Waals surface area contributed by atoms with E-state index in [1.54, 1.807) is 11.5 Å². The molecule has 2 aromatic rings. The summed E-state index contributed by atoms with van der Waals surface area (Å²) in [5, 5.41) is 0. The molecule has 0 N–H and O–H groups in total. The molecule has 0 spiro atoms. The Morgan fingerprint density at radius 2 is 1.88 bits per heavy atom. The summed E-state index contributed by atoms with van der Waals surface area (Å²) in [5.74, 6) is -1.65. The third-order valence-corrected chi connectivity index (χ3v) is 6.25. The molecule has 1 aliphatic heterocycles. The summed E-state index contributed by atoms with van der Waals surface area (Å²) in [6.07, 6.45) is 1.69. The topological polar surface area (TPSA) is 101 Å². The number of esters is 1. The average molecular weight is 489 g/mol. The average Bonchev–Trinajstić information content (AvgIpc) is 2.71. The zero-order valence-electron chi connectivity index (χ0n) is 18.2. The van der Waals surface area contributed by atoms with Gasteiger partial charge in [-0.05, 0) is 37.0 Å². The van der Waals surface area contributed by atoms with Gasteiger partial charge in [-0.25, -0.2) is 4.79 Å². The van der Waals surface area contributed by atoms with Crippen LogP contribution in [-0.2, 0) is 21.3 Å². The first-order valence-corrected chi connectivity index (χ1v) is 11.4. The number of halogens is 3. The number of benzene rings is 1. The number of methoxy groups -OCH3 is 1. The van der Waals surface area contributed by atoms with Crippen molar-refractivity contribution >= 4 is 16.1 Å². The predicted molar refractivity (Wildman–Crippen MR) is 112 cm³/mol. The van der Waals surface area contributed by atoms with E-state index in [1.807, 2.05) is 13.8 Å². The first-order valence-electron chi connectivity index (χ1n) is 9.96. The normalized spacial score (nSPS) is 15.6. The van der Waals surface area contributed by atoms with Gasteiger partial charge >= 0.3 is 21.6 Å². The lowest BCUT2D eigenvalue weighted by atomic mass is 9.87. The van der Waals surface area contributed by atoms with Crippen LogP contribution < -0.4 is 14.3 Å². The third kappa shape index (κ3) is 4.56. The SMILES string of the molecule is CCOC(=O)c1cn2c(cc1=O)-c1cc(OC)c(OS(=O)(=O)C(F)(F)F)cc1CC2C(C)C. The van der Waals surface area contributed by atoms with Crippen molar-refractivity contribution in [2.45, 2.75) is 38.7 Å². The molecule has 180 valence electrons. The minimum absolute atomic E-state index is 0.0141. The van der Waals surface area contributed by atoms with E-state index >= 15 is 0 Å². The molecule has 0 saturated carbocycles. The van der Waals surface area contributed by atoms with Crippen LogP contribution in [0, 0.1) is 5.92 Å². The first-order chi connectivity index (χ1) is 15.3. The van der Waals surface area contributed by atoms with Crippen LogP contribution in [0.25, 0.3) is 11.3 Å². The van der Waals surface area contributed by atoms with E-state index in [1.165, 1.54) is 24.4 Å². The van der Waals surface area contributed by atoms with Gasteiger partial charge in [-0.1, -0.05) is 13.8 Å². The van der Waals surface area contributed by atoms with Crippen LogP contribution in [-0.4, -0.2) is 38.2 Å². The minimum Gasteiger partial charge on any atom is -0.493 e. The molecule has 1 aromatic carbocycles. The highest BCUT2D eigenvalue weighted by molar-refractivity contribution is 7.88. The molecular weight excluding hydrogens is 467 g/mol. The van der Waals surface area contributed by atoms with Gasteiger partial charge in [0.2, 0.25) is 0 Å². The van der Waals surface area contributed by atoms with E-state index in [0.29, 0.717) is 16.8 Å². The molecule has 1 aliphatic rings. The summed E-state index contributed by atoms with van der Waals surface area (Å²) in [6, 6.07) is 3.43. The number of hydrogen-bond acceptors (Lipinski definition) is 7. The van der Waals surface area contributed by atoms with Crippen molar-refractivity contribution in [2.24, 2.45) is 5.92 Å². The zero-order chi connectivity index (χ0) is 24.7. The molecule has 1 aromatic heterocycles. The summed E-state index contributed by atoms with van der Waals surface area (Å²) in [7, 11) is -4.77. The van der Waals surface area contributed by atoms with Gasteiger partial charge in [-0.15, -0.1) is 0 Å². The quantitative estimate of drug-likeness (QED) is 0.347. The van der Waals surface area contributed by atoms with E-state index in [0.717, 1.165) is 7.11 Å². The Balaban J connectivity index is 2.21.